The third-order valence-electron chi connectivity index (χ3n) is 4.94. The van der Waals surface area contributed by atoms with E-state index >= 15 is 0 Å². The summed E-state index contributed by atoms with van der Waals surface area (Å²) in [7, 11) is 0. The average Bonchev–Trinajstić information content (AvgIpc) is 2.91. The van der Waals surface area contributed by atoms with Crippen LogP contribution < -0.4 is 0 Å². The number of hydrogen-bond donors (Lipinski definition) is 0. The highest BCUT2D eigenvalue weighted by Gasteiger charge is 2.22. The van der Waals surface area contributed by atoms with E-state index in [9.17, 15) is 4.39 Å². The molecule has 0 N–H and O–H groups in total. The van der Waals surface area contributed by atoms with E-state index in [1.165, 1.54) is 20.8 Å². The second-order valence-corrected chi connectivity index (χ2v) is 7.86. The Bertz CT molecular complexity index is 846. The first-order valence-corrected chi connectivity index (χ1v) is 9.49. The van der Waals surface area contributed by atoms with Crippen molar-refractivity contribution in [3.8, 4) is 0 Å². The summed E-state index contributed by atoms with van der Waals surface area (Å²) in [6, 6.07) is 2.15. The standard InChI is InChI=1S/C20H21FN2S/c1-13-4-2-3-5-15(10-13)19-20-17(22-12-23-19)11-18(24-20)14-6-8-16(21)9-7-14/h2,4,6,8,11-13,15H,3,5,7,9-10H2,1H3. The topological polar surface area (TPSA) is 25.8 Å². The molecule has 124 valence electrons. The molecule has 2 aliphatic carbocycles. The lowest BCUT2D eigenvalue weighted by molar-refractivity contribution is 0.520. The molecule has 2 atom stereocenters. The first-order valence-electron chi connectivity index (χ1n) is 8.67. The van der Waals surface area contributed by atoms with E-state index < -0.39 is 0 Å². The zero-order valence-electron chi connectivity index (χ0n) is 13.8. The van der Waals surface area contributed by atoms with Crippen molar-refractivity contribution >= 4 is 27.1 Å². The number of hydrogen-bond acceptors (Lipinski definition) is 3. The molecule has 2 nitrogen and oxygen atoms in total. The van der Waals surface area contributed by atoms with Gasteiger partial charge in [0.25, 0.3) is 0 Å². The molecule has 0 bridgehead atoms. The normalized spacial score (nSPS) is 24.6. The second-order valence-electron chi connectivity index (χ2n) is 6.80. The monoisotopic (exact) mass is 340 g/mol. The van der Waals surface area contributed by atoms with Crippen molar-refractivity contribution in [2.45, 2.75) is 44.9 Å². The predicted octanol–water partition coefficient (Wildman–Crippen LogP) is 6.18. The number of aromatic nitrogens is 2. The van der Waals surface area contributed by atoms with Crippen molar-refractivity contribution in [2.75, 3.05) is 0 Å². The van der Waals surface area contributed by atoms with Gasteiger partial charge < -0.3 is 0 Å². The van der Waals surface area contributed by atoms with Crippen LogP contribution in [0.4, 0.5) is 4.39 Å². The van der Waals surface area contributed by atoms with Gasteiger partial charge in [-0.3, -0.25) is 0 Å². The molecule has 0 saturated heterocycles. The van der Waals surface area contributed by atoms with Crippen molar-refractivity contribution in [3.05, 3.63) is 53.1 Å². The van der Waals surface area contributed by atoms with Gasteiger partial charge in [-0.05, 0) is 49.3 Å². The van der Waals surface area contributed by atoms with Crippen molar-refractivity contribution in [1.82, 2.24) is 9.97 Å². The molecule has 4 rings (SSSR count). The zero-order chi connectivity index (χ0) is 16.5. The van der Waals surface area contributed by atoms with Crippen LogP contribution in [0.1, 0.15) is 55.5 Å². The summed E-state index contributed by atoms with van der Waals surface area (Å²) < 4.78 is 14.5. The molecule has 2 aromatic rings. The Labute approximate surface area is 145 Å². The largest absolute Gasteiger partial charge is 0.240 e. The molecule has 0 aromatic carbocycles. The molecule has 0 fully saturated rings. The quantitative estimate of drug-likeness (QED) is 0.610. The van der Waals surface area contributed by atoms with E-state index in [0.29, 0.717) is 18.3 Å². The van der Waals surface area contributed by atoms with Crippen LogP contribution in [0.2, 0.25) is 0 Å². The minimum atomic E-state index is -0.0275. The van der Waals surface area contributed by atoms with Gasteiger partial charge in [0.2, 0.25) is 0 Å². The molecule has 24 heavy (non-hydrogen) atoms. The Kier molecular flexibility index (Phi) is 4.31. The fourth-order valence-electron chi connectivity index (χ4n) is 3.66. The molecule has 2 aliphatic rings. The van der Waals surface area contributed by atoms with Crippen LogP contribution in [0, 0.1) is 5.92 Å². The molecule has 4 heteroatoms. The lowest BCUT2D eigenvalue weighted by Crippen LogP contribution is -2.04. The lowest BCUT2D eigenvalue weighted by Gasteiger charge is -2.16. The fourth-order valence-corrected chi connectivity index (χ4v) is 4.89. The van der Waals surface area contributed by atoms with Gasteiger partial charge in [-0.15, -0.1) is 11.3 Å². The molecule has 2 heterocycles. The Morgan fingerprint density at radius 3 is 2.96 bits per heavy atom. The third kappa shape index (κ3) is 3.07. The van der Waals surface area contributed by atoms with Crippen LogP contribution in [0.3, 0.4) is 0 Å². The van der Waals surface area contributed by atoms with Crippen molar-refractivity contribution in [1.29, 1.82) is 0 Å². The maximum Gasteiger partial charge on any atom is 0.116 e. The van der Waals surface area contributed by atoms with Gasteiger partial charge in [0, 0.05) is 17.2 Å². The number of halogens is 1. The van der Waals surface area contributed by atoms with Crippen LogP contribution in [-0.4, -0.2) is 9.97 Å². The molecular weight excluding hydrogens is 319 g/mol. The number of thiophene rings is 1. The van der Waals surface area contributed by atoms with Gasteiger partial charge in [-0.2, -0.15) is 0 Å². The maximum atomic E-state index is 13.3. The molecule has 0 amide bonds. The minimum absolute atomic E-state index is 0.0275. The highest BCUT2D eigenvalue weighted by molar-refractivity contribution is 7.20. The van der Waals surface area contributed by atoms with Crippen LogP contribution in [0.25, 0.3) is 15.8 Å². The number of fused-ring (bicyclic) bond motifs is 1. The number of nitrogens with zero attached hydrogens (tertiary/aromatic N) is 2. The van der Waals surface area contributed by atoms with Gasteiger partial charge in [0.15, 0.2) is 0 Å². The number of rotatable bonds is 2. The van der Waals surface area contributed by atoms with E-state index in [4.69, 9.17) is 0 Å². The summed E-state index contributed by atoms with van der Waals surface area (Å²) in [4.78, 5) is 10.3. The van der Waals surface area contributed by atoms with Crippen molar-refractivity contribution in [3.63, 3.8) is 0 Å². The third-order valence-corrected chi connectivity index (χ3v) is 6.17. The average molecular weight is 340 g/mol. The first-order chi connectivity index (χ1) is 11.7. The minimum Gasteiger partial charge on any atom is -0.240 e. The van der Waals surface area contributed by atoms with Crippen LogP contribution in [-0.2, 0) is 0 Å². The molecule has 0 radical (unpaired) electrons. The van der Waals surface area contributed by atoms with Gasteiger partial charge in [-0.1, -0.05) is 25.2 Å². The smallest absolute Gasteiger partial charge is 0.116 e. The lowest BCUT2D eigenvalue weighted by atomic mass is 9.91. The van der Waals surface area contributed by atoms with Gasteiger partial charge in [-0.25, -0.2) is 14.4 Å². The van der Waals surface area contributed by atoms with Gasteiger partial charge in [0.1, 0.15) is 12.2 Å². The highest BCUT2D eigenvalue weighted by atomic mass is 32.1. The predicted molar refractivity (Wildman–Crippen MR) is 98.7 cm³/mol. The van der Waals surface area contributed by atoms with E-state index in [1.54, 1.807) is 23.7 Å². The van der Waals surface area contributed by atoms with E-state index in [0.717, 1.165) is 31.2 Å². The zero-order valence-corrected chi connectivity index (χ0v) is 14.7. The molecule has 0 saturated carbocycles. The SMILES string of the molecule is CC1C=CCCC(c2ncnc3cc(C4=CC=C(F)CC4)sc23)C1. The van der Waals surface area contributed by atoms with Gasteiger partial charge >= 0.3 is 0 Å². The Morgan fingerprint density at radius 1 is 1.21 bits per heavy atom. The van der Waals surface area contributed by atoms with Gasteiger partial charge in [0.05, 0.1) is 15.9 Å². The fraction of sp³-hybridized carbons (Fsp3) is 0.400. The van der Waals surface area contributed by atoms with E-state index in [2.05, 4.69) is 35.1 Å². The summed E-state index contributed by atoms with van der Waals surface area (Å²) >= 11 is 1.77. The first kappa shape index (κ1) is 15.7. The summed E-state index contributed by atoms with van der Waals surface area (Å²) in [5.74, 6) is 1.06. The summed E-state index contributed by atoms with van der Waals surface area (Å²) in [5.41, 5.74) is 3.44. The Morgan fingerprint density at radius 2 is 2.12 bits per heavy atom. The molecule has 2 unspecified atom stereocenters. The van der Waals surface area contributed by atoms with Crippen molar-refractivity contribution in [2.24, 2.45) is 5.92 Å². The second kappa shape index (κ2) is 6.60. The summed E-state index contributed by atoms with van der Waals surface area (Å²) in [6.45, 7) is 2.28. The summed E-state index contributed by atoms with van der Waals surface area (Å²) in [5, 5.41) is 0. The number of allylic oxidation sites excluding steroid dienone is 6. The van der Waals surface area contributed by atoms with E-state index in [1.807, 2.05) is 6.08 Å². The maximum absolute atomic E-state index is 13.3. The summed E-state index contributed by atoms with van der Waals surface area (Å²) in [6.07, 6.45) is 14.5. The molecule has 2 aromatic heterocycles. The Balaban J connectivity index is 1.72. The highest BCUT2D eigenvalue weighted by Crippen LogP contribution is 2.40. The Hall–Kier alpha value is -1.81. The van der Waals surface area contributed by atoms with E-state index in [-0.39, 0.29) is 5.83 Å². The molecular formula is C20H21FN2S. The van der Waals surface area contributed by atoms with Crippen molar-refractivity contribution < 1.29 is 4.39 Å². The van der Waals surface area contributed by atoms with Crippen LogP contribution in [0.5, 0.6) is 0 Å². The molecule has 0 aliphatic heterocycles. The molecule has 0 spiro atoms. The van der Waals surface area contributed by atoms with Crippen LogP contribution in [0.15, 0.2) is 42.5 Å². The van der Waals surface area contributed by atoms with Crippen LogP contribution >= 0.6 is 11.3 Å².